The first kappa shape index (κ1) is 13.1. The summed E-state index contributed by atoms with van der Waals surface area (Å²) in [5.74, 6) is -0.385. The Balaban J connectivity index is 1.92. The van der Waals surface area contributed by atoms with Crippen molar-refractivity contribution in [2.75, 3.05) is 39.8 Å². The number of nitrogens with two attached hydrogens (primary N) is 1. The van der Waals surface area contributed by atoms with Crippen molar-refractivity contribution in [3.63, 3.8) is 0 Å². The van der Waals surface area contributed by atoms with Crippen molar-refractivity contribution in [2.45, 2.75) is 6.42 Å². The summed E-state index contributed by atoms with van der Waals surface area (Å²) in [5, 5.41) is 0. The quantitative estimate of drug-likeness (QED) is 0.835. The summed E-state index contributed by atoms with van der Waals surface area (Å²) >= 11 is 0. The molecule has 1 saturated heterocycles. The van der Waals surface area contributed by atoms with E-state index in [1.807, 2.05) is 12.1 Å². The number of benzene rings is 1. The molecule has 1 aliphatic heterocycles. The van der Waals surface area contributed by atoms with E-state index in [-0.39, 0.29) is 5.91 Å². The lowest BCUT2D eigenvalue weighted by Gasteiger charge is -2.32. The lowest BCUT2D eigenvalue weighted by molar-refractivity contribution is 0.0998. The maximum absolute atomic E-state index is 11.3. The van der Waals surface area contributed by atoms with Gasteiger partial charge < -0.3 is 15.5 Å². The Bertz CT molecular complexity index is 411. The summed E-state index contributed by atoms with van der Waals surface area (Å²) in [6.07, 6.45) is 0.860. The Morgan fingerprint density at radius 2 is 2.11 bits per heavy atom. The van der Waals surface area contributed by atoms with Crippen molar-refractivity contribution in [1.82, 2.24) is 9.80 Å². The highest BCUT2D eigenvalue weighted by Crippen LogP contribution is 2.09. The van der Waals surface area contributed by atoms with E-state index < -0.39 is 0 Å². The number of rotatable bonds is 4. The Labute approximate surface area is 108 Å². The lowest BCUT2D eigenvalue weighted by Crippen LogP contribution is -2.45. The molecule has 4 nitrogen and oxygen atoms in total. The highest BCUT2D eigenvalue weighted by Gasteiger charge is 2.14. The zero-order valence-electron chi connectivity index (χ0n) is 10.9. The van der Waals surface area contributed by atoms with Crippen LogP contribution in [0.2, 0.25) is 0 Å². The lowest BCUT2D eigenvalue weighted by atomic mass is 10.0. The molecule has 1 aliphatic rings. The standard InChI is InChI=1S/C14H20N3O/c1-16-8-10-17(11-9-16)7-6-12-4-2-3-5-13(12)14(15)18/h2-4H,6-11H2,1H3,(H2,15,18). The van der Waals surface area contributed by atoms with Crippen LogP contribution >= 0.6 is 0 Å². The first-order valence-electron chi connectivity index (χ1n) is 6.37. The molecule has 1 aromatic carbocycles. The molecule has 0 saturated carbocycles. The SMILES string of the molecule is CN1CCN(CCc2ccc[c]c2C(N)=O)CC1. The first-order valence-corrected chi connectivity index (χ1v) is 6.37. The van der Waals surface area contributed by atoms with Crippen LogP contribution in [-0.2, 0) is 6.42 Å². The summed E-state index contributed by atoms with van der Waals surface area (Å²) < 4.78 is 0. The second-order valence-electron chi connectivity index (χ2n) is 4.83. The molecule has 1 heterocycles. The third-order valence-electron chi connectivity index (χ3n) is 3.48. The van der Waals surface area contributed by atoms with Gasteiger partial charge >= 0.3 is 0 Å². The highest BCUT2D eigenvalue weighted by atomic mass is 16.1. The van der Waals surface area contributed by atoms with Crippen LogP contribution in [0, 0.1) is 6.07 Å². The van der Waals surface area contributed by atoms with Gasteiger partial charge in [-0.15, -0.1) is 0 Å². The molecule has 2 rings (SSSR count). The van der Waals surface area contributed by atoms with E-state index in [2.05, 4.69) is 22.9 Å². The minimum atomic E-state index is -0.385. The fraction of sp³-hybridized carbons (Fsp3) is 0.500. The van der Waals surface area contributed by atoms with E-state index in [0.29, 0.717) is 5.56 Å². The van der Waals surface area contributed by atoms with Crippen LogP contribution < -0.4 is 5.73 Å². The van der Waals surface area contributed by atoms with Crippen LogP contribution in [0.25, 0.3) is 0 Å². The van der Waals surface area contributed by atoms with Gasteiger partial charge in [-0.05, 0) is 25.1 Å². The van der Waals surface area contributed by atoms with Gasteiger partial charge in [0.1, 0.15) is 0 Å². The van der Waals surface area contributed by atoms with Crippen LogP contribution in [0.1, 0.15) is 15.9 Å². The van der Waals surface area contributed by atoms with Gasteiger partial charge in [-0.25, -0.2) is 0 Å². The van der Waals surface area contributed by atoms with Crippen molar-refractivity contribution in [3.05, 3.63) is 35.4 Å². The highest BCUT2D eigenvalue weighted by molar-refractivity contribution is 5.94. The number of carbonyl (C=O) groups is 1. The zero-order valence-corrected chi connectivity index (χ0v) is 10.9. The number of amides is 1. The van der Waals surface area contributed by atoms with Crippen molar-refractivity contribution < 1.29 is 4.79 Å². The second-order valence-corrected chi connectivity index (χ2v) is 4.83. The zero-order chi connectivity index (χ0) is 13.0. The molecule has 0 atom stereocenters. The van der Waals surface area contributed by atoms with Crippen molar-refractivity contribution in [1.29, 1.82) is 0 Å². The number of nitrogens with zero attached hydrogens (tertiary/aromatic N) is 2. The van der Waals surface area contributed by atoms with E-state index in [9.17, 15) is 4.79 Å². The summed E-state index contributed by atoms with van der Waals surface area (Å²) in [7, 11) is 2.15. The van der Waals surface area contributed by atoms with E-state index in [4.69, 9.17) is 5.73 Å². The molecule has 97 valence electrons. The minimum absolute atomic E-state index is 0.385. The Hall–Kier alpha value is -1.39. The number of carbonyl (C=O) groups excluding carboxylic acids is 1. The third-order valence-corrected chi connectivity index (χ3v) is 3.48. The molecule has 0 aromatic heterocycles. The molecule has 1 aromatic rings. The van der Waals surface area contributed by atoms with E-state index >= 15 is 0 Å². The van der Waals surface area contributed by atoms with E-state index in [1.165, 1.54) is 0 Å². The van der Waals surface area contributed by atoms with Gasteiger partial charge in [-0.1, -0.05) is 18.2 Å². The number of primary amides is 1. The molecular formula is C14H20N3O. The first-order chi connectivity index (χ1) is 8.66. The predicted octanol–water partition coefficient (Wildman–Crippen LogP) is 0.376. The fourth-order valence-corrected chi connectivity index (χ4v) is 2.26. The van der Waals surface area contributed by atoms with Gasteiger partial charge in [0.2, 0.25) is 5.91 Å². The maximum Gasteiger partial charge on any atom is 0.249 e. The molecule has 4 heteroatoms. The molecule has 18 heavy (non-hydrogen) atoms. The average Bonchev–Trinajstić information content (AvgIpc) is 2.38. The summed E-state index contributed by atoms with van der Waals surface area (Å²) in [6, 6.07) is 8.54. The van der Waals surface area contributed by atoms with E-state index in [1.54, 1.807) is 6.07 Å². The molecular weight excluding hydrogens is 226 g/mol. The van der Waals surface area contributed by atoms with Crippen LogP contribution in [0.15, 0.2) is 18.2 Å². The molecule has 1 amide bonds. The molecule has 1 radical (unpaired) electrons. The minimum Gasteiger partial charge on any atom is -0.366 e. The molecule has 1 fully saturated rings. The number of hydrogen-bond acceptors (Lipinski definition) is 3. The Kier molecular flexibility index (Phi) is 4.33. The van der Waals surface area contributed by atoms with Gasteiger partial charge in [-0.2, -0.15) is 0 Å². The van der Waals surface area contributed by atoms with Crippen LogP contribution in [0.3, 0.4) is 0 Å². The monoisotopic (exact) mass is 246 g/mol. The predicted molar refractivity (Wildman–Crippen MR) is 71.4 cm³/mol. The van der Waals surface area contributed by atoms with Crippen LogP contribution in [0.5, 0.6) is 0 Å². The van der Waals surface area contributed by atoms with E-state index in [0.717, 1.165) is 44.7 Å². The third kappa shape index (κ3) is 3.31. The molecule has 0 unspecified atom stereocenters. The number of likely N-dealkylation sites (N-methyl/N-ethyl adjacent to an activating group) is 1. The smallest absolute Gasteiger partial charge is 0.249 e. The van der Waals surface area contributed by atoms with Crippen LogP contribution in [0.4, 0.5) is 0 Å². The topological polar surface area (TPSA) is 49.6 Å². The molecule has 0 aliphatic carbocycles. The summed E-state index contributed by atoms with van der Waals surface area (Å²) in [4.78, 5) is 16.0. The molecule has 0 spiro atoms. The van der Waals surface area contributed by atoms with Crippen molar-refractivity contribution >= 4 is 5.91 Å². The average molecular weight is 246 g/mol. The maximum atomic E-state index is 11.3. The van der Waals surface area contributed by atoms with Gasteiger partial charge in [-0.3, -0.25) is 4.79 Å². The van der Waals surface area contributed by atoms with Crippen molar-refractivity contribution in [3.8, 4) is 0 Å². The van der Waals surface area contributed by atoms with Gasteiger partial charge in [0.05, 0.1) is 5.56 Å². The second kappa shape index (κ2) is 5.98. The molecule has 2 N–H and O–H groups in total. The Morgan fingerprint density at radius 1 is 1.39 bits per heavy atom. The fourth-order valence-electron chi connectivity index (χ4n) is 2.26. The Morgan fingerprint density at radius 3 is 2.78 bits per heavy atom. The molecule has 0 bridgehead atoms. The normalized spacial score (nSPS) is 17.8. The number of hydrogen-bond donors (Lipinski definition) is 1. The van der Waals surface area contributed by atoms with Gasteiger partial charge in [0.15, 0.2) is 0 Å². The number of piperazine rings is 1. The summed E-state index contributed by atoms with van der Waals surface area (Å²) in [6.45, 7) is 5.40. The van der Waals surface area contributed by atoms with Crippen molar-refractivity contribution in [2.24, 2.45) is 5.73 Å². The van der Waals surface area contributed by atoms with Gasteiger partial charge in [0.25, 0.3) is 0 Å². The largest absolute Gasteiger partial charge is 0.366 e. The van der Waals surface area contributed by atoms with Crippen LogP contribution in [-0.4, -0.2) is 55.5 Å². The summed E-state index contributed by atoms with van der Waals surface area (Å²) in [5.41, 5.74) is 6.89. The van der Waals surface area contributed by atoms with Gasteiger partial charge in [0, 0.05) is 32.7 Å².